The third-order valence-electron chi connectivity index (χ3n) is 3.73. The van der Waals surface area contributed by atoms with Gasteiger partial charge in [0, 0.05) is 11.6 Å². The predicted octanol–water partition coefficient (Wildman–Crippen LogP) is 2.93. The van der Waals surface area contributed by atoms with Gasteiger partial charge in [-0.25, -0.2) is 0 Å². The second kappa shape index (κ2) is 6.93. The highest BCUT2D eigenvalue weighted by molar-refractivity contribution is 9.10. The van der Waals surface area contributed by atoms with Crippen LogP contribution in [-0.4, -0.2) is 41.6 Å². The van der Waals surface area contributed by atoms with Gasteiger partial charge in [-0.05, 0) is 47.0 Å². The van der Waals surface area contributed by atoms with Crippen LogP contribution < -0.4 is 4.74 Å². The van der Waals surface area contributed by atoms with Crippen molar-refractivity contribution in [3.8, 4) is 5.75 Å². The highest BCUT2D eigenvalue weighted by Crippen LogP contribution is 2.28. The standard InChI is InChI=1S/C15H18BrNO4/c1-21-13-7-6-10(8-12(13)16)15(20)17(9-14(18)19)11-4-2-3-5-11/h6-8,11H,2-5,9H2,1H3,(H,18,19). The molecule has 0 spiro atoms. The smallest absolute Gasteiger partial charge is 0.323 e. The third-order valence-corrected chi connectivity index (χ3v) is 4.35. The minimum Gasteiger partial charge on any atom is -0.496 e. The fraction of sp³-hybridized carbons (Fsp3) is 0.467. The largest absolute Gasteiger partial charge is 0.496 e. The van der Waals surface area contributed by atoms with Crippen LogP contribution in [0.1, 0.15) is 36.0 Å². The molecule has 0 saturated heterocycles. The molecule has 114 valence electrons. The van der Waals surface area contributed by atoms with Gasteiger partial charge >= 0.3 is 5.97 Å². The van der Waals surface area contributed by atoms with E-state index in [0.717, 1.165) is 25.7 Å². The molecular weight excluding hydrogens is 338 g/mol. The fourth-order valence-corrected chi connectivity index (χ4v) is 3.23. The summed E-state index contributed by atoms with van der Waals surface area (Å²) in [7, 11) is 1.55. The van der Waals surface area contributed by atoms with Crippen LogP contribution in [-0.2, 0) is 4.79 Å². The lowest BCUT2D eigenvalue weighted by Gasteiger charge is -2.27. The summed E-state index contributed by atoms with van der Waals surface area (Å²) in [4.78, 5) is 25.1. The Morgan fingerprint density at radius 1 is 1.38 bits per heavy atom. The molecule has 1 aliphatic carbocycles. The van der Waals surface area contributed by atoms with Crippen molar-refractivity contribution in [2.24, 2.45) is 0 Å². The van der Waals surface area contributed by atoms with E-state index in [9.17, 15) is 9.59 Å². The van der Waals surface area contributed by atoms with E-state index in [2.05, 4.69) is 15.9 Å². The molecule has 1 aromatic rings. The van der Waals surface area contributed by atoms with E-state index < -0.39 is 5.97 Å². The fourth-order valence-electron chi connectivity index (χ4n) is 2.69. The van der Waals surface area contributed by atoms with Crippen LogP contribution in [0.15, 0.2) is 22.7 Å². The van der Waals surface area contributed by atoms with Gasteiger partial charge in [0.2, 0.25) is 0 Å². The number of ether oxygens (including phenoxy) is 1. The first-order chi connectivity index (χ1) is 10.0. The van der Waals surface area contributed by atoms with Crippen LogP contribution in [0.5, 0.6) is 5.75 Å². The number of hydrogen-bond acceptors (Lipinski definition) is 3. The van der Waals surface area contributed by atoms with Gasteiger partial charge in [-0.1, -0.05) is 12.8 Å². The molecule has 0 aliphatic heterocycles. The predicted molar refractivity (Wildman–Crippen MR) is 81.6 cm³/mol. The zero-order chi connectivity index (χ0) is 15.4. The molecule has 0 bridgehead atoms. The summed E-state index contributed by atoms with van der Waals surface area (Å²) in [5.74, 6) is -0.590. The van der Waals surface area contributed by atoms with Crippen molar-refractivity contribution in [1.82, 2.24) is 4.90 Å². The number of benzene rings is 1. The molecule has 1 aromatic carbocycles. The SMILES string of the molecule is COc1ccc(C(=O)N(CC(=O)O)C2CCCC2)cc1Br. The van der Waals surface area contributed by atoms with Crippen LogP contribution >= 0.6 is 15.9 Å². The van der Waals surface area contributed by atoms with Gasteiger partial charge < -0.3 is 14.7 Å². The molecule has 2 rings (SSSR count). The minimum absolute atomic E-state index is 0.0227. The molecule has 0 radical (unpaired) electrons. The second-order valence-corrected chi connectivity index (χ2v) is 5.97. The van der Waals surface area contributed by atoms with Crippen LogP contribution in [0, 0.1) is 0 Å². The molecule has 0 heterocycles. The molecule has 1 saturated carbocycles. The first-order valence-electron chi connectivity index (χ1n) is 6.89. The topological polar surface area (TPSA) is 66.8 Å². The Balaban J connectivity index is 2.24. The average molecular weight is 356 g/mol. The number of rotatable bonds is 5. The average Bonchev–Trinajstić information content (AvgIpc) is 2.97. The van der Waals surface area contributed by atoms with Crippen molar-refractivity contribution in [3.63, 3.8) is 0 Å². The van der Waals surface area contributed by atoms with Crippen LogP contribution in [0.3, 0.4) is 0 Å². The number of nitrogens with zero attached hydrogens (tertiary/aromatic N) is 1. The quantitative estimate of drug-likeness (QED) is 0.881. The monoisotopic (exact) mass is 355 g/mol. The normalized spacial score (nSPS) is 15.0. The van der Waals surface area contributed by atoms with Gasteiger partial charge in [0.15, 0.2) is 0 Å². The van der Waals surface area contributed by atoms with Crippen LogP contribution in [0.4, 0.5) is 0 Å². The number of halogens is 1. The zero-order valence-electron chi connectivity index (χ0n) is 11.8. The van der Waals surface area contributed by atoms with Crippen LogP contribution in [0.25, 0.3) is 0 Å². The van der Waals surface area contributed by atoms with E-state index in [0.29, 0.717) is 15.8 Å². The van der Waals surface area contributed by atoms with Crippen molar-refractivity contribution < 1.29 is 19.4 Å². The Labute approximate surface area is 132 Å². The Kier molecular flexibility index (Phi) is 5.22. The maximum Gasteiger partial charge on any atom is 0.323 e. The lowest BCUT2D eigenvalue weighted by atomic mass is 10.1. The molecular formula is C15H18BrNO4. The number of carbonyl (C=O) groups is 2. The molecule has 6 heteroatoms. The summed E-state index contributed by atoms with van der Waals surface area (Å²) in [6, 6.07) is 5.06. The molecule has 0 atom stereocenters. The maximum atomic E-state index is 12.6. The molecule has 1 amide bonds. The zero-order valence-corrected chi connectivity index (χ0v) is 13.4. The Bertz CT molecular complexity index is 540. The highest BCUT2D eigenvalue weighted by Gasteiger charge is 2.29. The van der Waals surface area contributed by atoms with E-state index in [1.165, 1.54) is 4.90 Å². The first-order valence-corrected chi connectivity index (χ1v) is 7.68. The van der Waals surface area contributed by atoms with Gasteiger partial charge in [-0.2, -0.15) is 0 Å². The van der Waals surface area contributed by atoms with E-state index in [1.807, 2.05) is 0 Å². The molecule has 21 heavy (non-hydrogen) atoms. The van der Waals surface area contributed by atoms with E-state index in [-0.39, 0.29) is 18.5 Å². The molecule has 0 aromatic heterocycles. The number of aliphatic carboxylic acids is 1. The van der Waals surface area contributed by atoms with Crippen molar-refractivity contribution in [2.75, 3.05) is 13.7 Å². The summed E-state index contributed by atoms with van der Waals surface area (Å²) in [6.45, 7) is -0.257. The molecule has 1 aliphatic rings. The Morgan fingerprint density at radius 2 is 2.05 bits per heavy atom. The van der Waals surface area contributed by atoms with E-state index >= 15 is 0 Å². The summed E-state index contributed by atoms with van der Waals surface area (Å²) >= 11 is 3.35. The van der Waals surface area contributed by atoms with Crippen molar-refractivity contribution in [3.05, 3.63) is 28.2 Å². The Morgan fingerprint density at radius 3 is 2.57 bits per heavy atom. The third kappa shape index (κ3) is 3.75. The molecule has 1 fully saturated rings. The lowest BCUT2D eigenvalue weighted by molar-refractivity contribution is -0.138. The second-order valence-electron chi connectivity index (χ2n) is 5.11. The minimum atomic E-state index is -0.983. The maximum absolute atomic E-state index is 12.6. The summed E-state index contributed by atoms with van der Waals surface area (Å²) < 4.78 is 5.82. The summed E-state index contributed by atoms with van der Waals surface area (Å²) in [5, 5.41) is 9.05. The van der Waals surface area contributed by atoms with Gasteiger partial charge in [-0.3, -0.25) is 9.59 Å². The van der Waals surface area contributed by atoms with Crippen molar-refractivity contribution in [1.29, 1.82) is 0 Å². The van der Waals surface area contributed by atoms with Crippen molar-refractivity contribution >= 4 is 27.8 Å². The Hall–Kier alpha value is -1.56. The molecule has 1 N–H and O–H groups in total. The summed E-state index contributed by atoms with van der Waals surface area (Å²) in [5.41, 5.74) is 0.468. The van der Waals surface area contributed by atoms with Crippen molar-refractivity contribution in [2.45, 2.75) is 31.7 Å². The van der Waals surface area contributed by atoms with Gasteiger partial charge in [0.1, 0.15) is 12.3 Å². The number of carboxylic acid groups (broad SMARTS) is 1. The number of hydrogen-bond donors (Lipinski definition) is 1. The number of carbonyl (C=O) groups excluding carboxylic acids is 1. The van der Waals surface area contributed by atoms with Gasteiger partial charge in [0.05, 0.1) is 11.6 Å². The van der Waals surface area contributed by atoms with E-state index in [4.69, 9.17) is 9.84 Å². The number of methoxy groups -OCH3 is 1. The molecule has 0 unspecified atom stereocenters. The summed E-state index contributed by atoms with van der Waals surface area (Å²) in [6.07, 6.45) is 3.83. The van der Waals surface area contributed by atoms with Gasteiger partial charge in [-0.15, -0.1) is 0 Å². The lowest BCUT2D eigenvalue weighted by Crippen LogP contribution is -2.42. The van der Waals surface area contributed by atoms with Gasteiger partial charge in [0.25, 0.3) is 5.91 Å². The number of carboxylic acids is 1. The molecule has 5 nitrogen and oxygen atoms in total. The van der Waals surface area contributed by atoms with Crippen LogP contribution in [0.2, 0.25) is 0 Å². The number of amides is 1. The first kappa shape index (κ1) is 15.8. The van der Waals surface area contributed by atoms with E-state index in [1.54, 1.807) is 25.3 Å². The highest BCUT2D eigenvalue weighted by atomic mass is 79.9.